The van der Waals surface area contributed by atoms with E-state index in [0.717, 1.165) is 0 Å². The maximum absolute atomic E-state index is 12.6. The summed E-state index contributed by atoms with van der Waals surface area (Å²) in [6.07, 6.45) is 1.21. The lowest BCUT2D eigenvalue weighted by Gasteiger charge is -2.43. The largest absolute Gasteiger partial charge is 0.466 e. The number of nitrogens with one attached hydrogen (secondary N) is 2. The van der Waals surface area contributed by atoms with Crippen LogP contribution < -0.4 is 10.6 Å². The van der Waals surface area contributed by atoms with E-state index in [9.17, 15) is 19.5 Å². The lowest BCUT2D eigenvalue weighted by Crippen LogP contribution is -2.63. The van der Waals surface area contributed by atoms with Gasteiger partial charge in [-0.15, -0.1) is 0 Å². The molecule has 0 aromatic rings. The lowest BCUT2D eigenvalue weighted by atomic mass is 9.80. The van der Waals surface area contributed by atoms with Crippen molar-refractivity contribution in [3.63, 3.8) is 0 Å². The van der Waals surface area contributed by atoms with Gasteiger partial charge in [0.15, 0.2) is 0 Å². The van der Waals surface area contributed by atoms with E-state index in [1.807, 2.05) is 0 Å². The Balaban J connectivity index is 3.41. The zero-order chi connectivity index (χ0) is 21.5. The molecule has 0 amide bonds. The second-order valence-corrected chi connectivity index (χ2v) is 6.46. The van der Waals surface area contributed by atoms with E-state index < -0.39 is 35.6 Å². The highest BCUT2D eigenvalue weighted by Gasteiger charge is 2.51. The van der Waals surface area contributed by atoms with Crippen LogP contribution in [0, 0.1) is 5.92 Å². The summed E-state index contributed by atoms with van der Waals surface area (Å²) < 4.78 is 15.1. The predicted octanol–water partition coefficient (Wildman–Crippen LogP) is 0.740. The van der Waals surface area contributed by atoms with Crippen molar-refractivity contribution >= 4 is 17.9 Å². The molecule has 3 atom stereocenters. The monoisotopic (exact) mass is 398 g/mol. The summed E-state index contributed by atoms with van der Waals surface area (Å²) in [5, 5.41) is 16.6. The first kappa shape index (κ1) is 23.5. The van der Waals surface area contributed by atoms with E-state index in [1.165, 1.54) is 13.0 Å². The van der Waals surface area contributed by atoms with Crippen molar-refractivity contribution in [3.05, 3.63) is 23.0 Å². The van der Waals surface area contributed by atoms with Gasteiger partial charge in [-0.3, -0.25) is 4.79 Å². The molecule has 0 aliphatic carbocycles. The van der Waals surface area contributed by atoms with Crippen LogP contribution in [0.2, 0.25) is 0 Å². The zero-order valence-corrected chi connectivity index (χ0v) is 17.3. The molecule has 1 rings (SSSR count). The number of esters is 3. The minimum atomic E-state index is -1.70. The van der Waals surface area contributed by atoms with E-state index in [-0.39, 0.29) is 25.4 Å². The highest BCUT2D eigenvalue weighted by Crippen LogP contribution is 2.33. The molecule has 158 valence electrons. The fraction of sp³-hybridized carbons (Fsp3) is 0.632. The van der Waals surface area contributed by atoms with E-state index in [4.69, 9.17) is 14.2 Å². The van der Waals surface area contributed by atoms with Crippen LogP contribution in [-0.4, -0.2) is 54.6 Å². The Labute approximate surface area is 165 Å². The van der Waals surface area contributed by atoms with Crippen LogP contribution in [0.1, 0.15) is 41.5 Å². The Morgan fingerprint density at radius 2 is 1.71 bits per heavy atom. The van der Waals surface area contributed by atoms with Crippen LogP contribution in [0.15, 0.2) is 23.0 Å². The fourth-order valence-corrected chi connectivity index (χ4v) is 3.14. The second-order valence-electron chi connectivity index (χ2n) is 6.46. The van der Waals surface area contributed by atoms with Crippen molar-refractivity contribution < 1.29 is 33.7 Å². The summed E-state index contributed by atoms with van der Waals surface area (Å²) in [5.41, 5.74) is -0.854. The molecular formula is C19H30N2O7. The molecule has 0 fully saturated rings. The SMILES string of the molecule is CCOC(=O)/C=C(\C)N[C@H]1C(C(=O)OCC)=C(C)N[C@](C)(O)[C@@H]1C(=O)OCC. The number of ether oxygens (including phenoxy) is 3. The van der Waals surface area contributed by atoms with E-state index >= 15 is 0 Å². The molecule has 28 heavy (non-hydrogen) atoms. The van der Waals surface area contributed by atoms with Gasteiger partial charge < -0.3 is 30.0 Å². The molecule has 3 N–H and O–H groups in total. The normalized spacial score (nSPS) is 24.9. The van der Waals surface area contributed by atoms with Crippen molar-refractivity contribution in [2.75, 3.05) is 19.8 Å². The molecule has 0 aromatic heterocycles. The summed E-state index contributed by atoms with van der Waals surface area (Å²) >= 11 is 0. The first-order valence-corrected chi connectivity index (χ1v) is 9.25. The second kappa shape index (κ2) is 10.1. The zero-order valence-electron chi connectivity index (χ0n) is 17.3. The summed E-state index contributed by atoms with van der Waals surface area (Å²) in [4.78, 5) is 36.9. The molecule has 9 heteroatoms. The smallest absolute Gasteiger partial charge is 0.337 e. The third-order valence-corrected chi connectivity index (χ3v) is 4.13. The highest BCUT2D eigenvalue weighted by molar-refractivity contribution is 5.93. The van der Waals surface area contributed by atoms with Gasteiger partial charge in [0.25, 0.3) is 0 Å². The summed E-state index contributed by atoms with van der Waals surface area (Å²) in [7, 11) is 0. The summed E-state index contributed by atoms with van der Waals surface area (Å²) in [6.45, 7) is 10.0. The Bertz CT molecular complexity index is 667. The summed E-state index contributed by atoms with van der Waals surface area (Å²) in [6, 6.07) is -0.986. The van der Waals surface area contributed by atoms with Crippen LogP contribution in [0.25, 0.3) is 0 Å². The van der Waals surface area contributed by atoms with Crippen molar-refractivity contribution in [3.8, 4) is 0 Å². The van der Waals surface area contributed by atoms with E-state index in [0.29, 0.717) is 11.4 Å². The summed E-state index contributed by atoms with van der Waals surface area (Å²) in [5.74, 6) is -3.09. The van der Waals surface area contributed by atoms with Gasteiger partial charge in [-0.1, -0.05) is 0 Å². The molecule has 1 heterocycles. The van der Waals surface area contributed by atoms with Gasteiger partial charge in [0.2, 0.25) is 0 Å². The molecule has 0 unspecified atom stereocenters. The Morgan fingerprint density at radius 3 is 2.25 bits per heavy atom. The maximum Gasteiger partial charge on any atom is 0.337 e. The van der Waals surface area contributed by atoms with Crippen molar-refractivity contribution in [2.45, 2.75) is 53.3 Å². The lowest BCUT2D eigenvalue weighted by molar-refractivity contribution is -0.162. The predicted molar refractivity (Wildman–Crippen MR) is 101 cm³/mol. The number of carbonyl (C=O) groups is 3. The maximum atomic E-state index is 12.6. The van der Waals surface area contributed by atoms with Crippen molar-refractivity contribution in [2.24, 2.45) is 5.92 Å². The van der Waals surface area contributed by atoms with Gasteiger partial charge in [-0.25, -0.2) is 9.59 Å². The average molecular weight is 398 g/mol. The molecule has 0 saturated heterocycles. The van der Waals surface area contributed by atoms with Crippen molar-refractivity contribution in [1.82, 2.24) is 10.6 Å². The highest BCUT2D eigenvalue weighted by atomic mass is 16.5. The molecule has 0 spiro atoms. The number of hydrogen-bond donors (Lipinski definition) is 3. The number of hydrogen-bond acceptors (Lipinski definition) is 9. The minimum absolute atomic E-state index is 0.104. The Hall–Kier alpha value is -2.55. The molecule has 9 nitrogen and oxygen atoms in total. The van der Waals surface area contributed by atoms with Crippen LogP contribution in [0.4, 0.5) is 0 Å². The van der Waals surface area contributed by atoms with Gasteiger partial charge in [0, 0.05) is 17.5 Å². The van der Waals surface area contributed by atoms with Gasteiger partial charge >= 0.3 is 17.9 Å². The van der Waals surface area contributed by atoms with Gasteiger partial charge in [-0.2, -0.15) is 0 Å². The topological polar surface area (TPSA) is 123 Å². The molecular weight excluding hydrogens is 368 g/mol. The quantitative estimate of drug-likeness (QED) is 0.308. The molecule has 0 radical (unpaired) electrons. The van der Waals surface area contributed by atoms with Gasteiger partial charge in [0.05, 0.1) is 31.4 Å². The molecule has 0 aromatic carbocycles. The van der Waals surface area contributed by atoms with Gasteiger partial charge in [-0.05, 0) is 41.5 Å². The fourth-order valence-electron chi connectivity index (χ4n) is 3.14. The number of rotatable bonds is 8. The molecule has 0 bridgehead atoms. The molecule has 0 saturated carbocycles. The van der Waals surface area contributed by atoms with E-state index in [2.05, 4.69) is 10.6 Å². The van der Waals surface area contributed by atoms with Crippen LogP contribution in [0.3, 0.4) is 0 Å². The Kier molecular flexibility index (Phi) is 8.49. The van der Waals surface area contributed by atoms with Crippen LogP contribution >= 0.6 is 0 Å². The van der Waals surface area contributed by atoms with Crippen LogP contribution in [0.5, 0.6) is 0 Å². The third kappa shape index (κ3) is 5.72. The average Bonchev–Trinajstić information content (AvgIpc) is 2.53. The molecule has 1 aliphatic rings. The first-order valence-electron chi connectivity index (χ1n) is 9.25. The number of allylic oxidation sites excluding steroid dienone is 2. The third-order valence-electron chi connectivity index (χ3n) is 4.13. The van der Waals surface area contributed by atoms with Gasteiger partial charge in [0.1, 0.15) is 11.6 Å². The number of carbonyl (C=O) groups excluding carboxylic acids is 3. The minimum Gasteiger partial charge on any atom is -0.466 e. The molecule has 1 aliphatic heterocycles. The standard InChI is InChI=1S/C19H30N2O7/c1-7-26-13(22)10-11(4)20-16-14(17(23)27-8-2)12(5)21-19(6,25)15(16)18(24)28-9-3/h10,15-16,20-21,25H,7-9H2,1-6H3/b11-10+/t15-,16-,19+/m0/s1. The van der Waals surface area contributed by atoms with E-state index in [1.54, 1.807) is 34.6 Å². The Morgan fingerprint density at radius 1 is 1.14 bits per heavy atom. The van der Waals surface area contributed by atoms with Crippen molar-refractivity contribution in [1.29, 1.82) is 0 Å². The van der Waals surface area contributed by atoms with Crippen LogP contribution in [-0.2, 0) is 28.6 Å². The first-order chi connectivity index (χ1) is 13.1. The number of aliphatic hydroxyl groups is 1.